The first-order valence-corrected chi connectivity index (χ1v) is 7.91. The number of aromatic nitrogens is 5. The van der Waals surface area contributed by atoms with Crippen molar-refractivity contribution in [3.63, 3.8) is 0 Å². The second kappa shape index (κ2) is 6.64. The molecule has 1 aromatic carbocycles. The van der Waals surface area contributed by atoms with Crippen molar-refractivity contribution in [3.05, 3.63) is 77.0 Å². The summed E-state index contributed by atoms with van der Waals surface area (Å²) in [7, 11) is 0. The lowest BCUT2D eigenvalue weighted by Crippen LogP contribution is -2.04. The highest BCUT2D eigenvalue weighted by Crippen LogP contribution is 2.25. The summed E-state index contributed by atoms with van der Waals surface area (Å²) in [5.41, 5.74) is 2.15. The molecule has 0 amide bonds. The average Bonchev–Trinajstić information content (AvgIpc) is 3.29. The highest BCUT2D eigenvalue weighted by atomic mass is 35.5. The van der Waals surface area contributed by atoms with Gasteiger partial charge in [0.1, 0.15) is 17.8 Å². The maximum absolute atomic E-state index is 14.0. The summed E-state index contributed by atoms with van der Waals surface area (Å²) >= 11 is 5.72. The van der Waals surface area contributed by atoms with Gasteiger partial charge in [0.15, 0.2) is 11.0 Å². The minimum Gasteiger partial charge on any atom is -0.364 e. The molecule has 130 valence electrons. The Bertz CT molecular complexity index is 1060. The SMILES string of the molecule is Fc1ccccc1Cc1nn(-c2ncc(F)c(Cl)n2)cc1-c1ccon1. The number of hydrogen-bond acceptors (Lipinski definition) is 5. The van der Waals surface area contributed by atoms with E-state index in [0.717, 1.165) is 6.20 Å². The zero-order valence-corrected chi connectivity index (χ0v) is 13.9. The van der Waals surface area contributed by atoms with Crippen LogP contribution in [-0.2, 0) is 6.42 Å². The summed E-state index contributed by atoms with van der Waals surface area (Å²) in [5.74, 6) is -0.985. The van der Waals surface area contributed by atoms with E-state index in [1.165, 1.54) is 17.0 Å². The van der Waals surface area contributed by atoms with Crippen LogP contribution in [0, 0.1) is 11.6 Å². The third-order valence-corrected chi connectivity index (χ3v) is 3.98. The van der Waals surface area contributed by atoms with E-state index in [1.807, 2.05) is 0 Å². The largest absolute Gasteiger partial charge is 0.364 e. The Morgan fingerprint density at radius 3 is 2.69 bits per heavy atom. The second-order valence-corrected chi connectivity index (χ2v) is 5.75. The summed E-state index contributed by atoms with van der Waals surface area (Å²) < 4.78 is 33.6. The molecular weight excluding hydrogens is 364 g/mol. The number of halogens is 3. The fourth-order valence-electron chi connectivity index (χ4n) is 2.48. The van der Waals surface area contributed by atoms with Crippen LogP contribution in [0.25, 0.3) is 17.2 Å². The molecule has 3 heterocycles. The molecule has 0 radical (unpaired) electrons. The lowest BCUT2D eigenvalue weighted by molar-refractivity contribution is 0.422. The van der Waals surface area contributed by atoms with Gasteiger partial charge >= 0.3 is 0 Å². The standard InChI is InChI=1S/C17H10ClF2N5O/c18-16-13(20)8-21-17(22-16)25-9-11(14-5-6-26-24-14)15(23-25)7-10-3-1-2-4-12(10)19/h1-6,8-9H,7H2. The topological polar surface area (TPSA) is 69.6 Å². The maximum atomic E-state index is 14.0. The van der Waals surface area contributed by atoms with Gasteiger partial charge in [-0.2, -0.15) is 10.1 Å². The van der Waals surface area contributed by atoms with Crippen molar-refractivity contribution in [3.8, 4) is 17.2 Å². The first-order valence-electron chi connectivity index (χ1n) is 7.53. The minimum atomic E-state index is -0.731. The van der Waals surface area contributed by atoms with Crippen LogP contribution >= 0.6 is 11.6 Å². The van der Waals surface area contributed by atoms with Gasteiger partial charge in [-0.3, -0.25) is 0 Å². The first kappa shape index (κ1) is 16.3. The van der Waals surface area contributed by atoms with Crippen molar-refractivity contribution in [2.24, 2.45) is 0 Å². The Balaban J connectivity index is 1.80. The fourth-order valence-corrected chi connectivity index (χ4v) is 2.60. The smallest absolute Gasteiger partial charge is 0.252 e. The maximum Gasteiger partial charge on any atom is 0.252 e. The van der Waals surface area contributed by atoms with Gasteiger partial charge in [-0.05, 0) is 11.6 Å². The van der Waals surface area contributed by atoms with Crippen molar-refractivity contribution in [2.45, 2.75) is 6.42 Å². The van der Waals surface area contributed by atoms with E-state index in [2.05, 4.69) is 20.2 Å². The van der Waals surface area contributed by atoms with Crippen molar-refractivity contribution in [1.29, 1.82) is 0 Å². The molecule has 0 bridgehead atoms. The van der Waals surface area contributed by atoms with Gasteiger partial charge in [-0.15, -0.1) is 0 Å². The molecule has 0 aliphatic carbocycles. The Labute approximate surface area is 151 Å². The quantitative estimate of drug-likeness (QED) is 0.508. The zero-order valence-electron chi connectivity index (χ0n) is 13.1. The van der Waals surface area contributed by atoms with Crippen molar-refractivity contribution >= 4 is 11.6 Å². The van der Waals surface area contributed by atoms with Gasteiger partial charge in [0.2, 0.25) is 0 Å². The Kier molecular flexibility index (Phi) is 4.18. The Morgan fingerprint density at radius 1 is 1.12 bits per heavy atom. The molecule has 0 aliphatic heterocycles. The van der Waals surface area contributed by atoms with E-state index >= 15 is 0 Å². The fraction of sp³-hybridized carbons (Fsp3) is 0.0588. The lowest BCUT2D eigenvalue weighted by Gasteiger charge is -2.02. The van der Waals surface area contributed by atoms with E-state index in [0.29, 0.717) is 22.5 Å². The number of hydrogen-bond donors (Lipinski definition) is 0. The highest BCUT2D eigenvalue weighted by molar-refractivity contribution is 6.29. The van der Waals surface area contributed by atoms with Crippen molar-refractivity contribution < 1.29 is 13.3 Å². The van der Waals surface area contributed by atoms with Crippen LogP contribution in [0.3, 0.4) is 0 Å². The summed E-state index contributed by atoms with van der Waals surface area (Å²) in [5, 5.41) is 7.99. The molecule has 9 heteroatoms. The summed E-state index contributed by atoms with van der Waals surface area (Å²) in [6, 6.07) is 8.07. The van der Waals surface area contributed by atoms with E-state index in [4.69, 9.17) is 16.1 Å². The van der Waals surface area contributed by atoms with E-state index in [9.17, 15) is 8.78 Å². The molecule has 0 unspecified atom stereocenters. The molecule has 0 fully saturated rings. The predicted molar refractivity (Wildman–Crippen MR) is 88.8 cm³/mol. The number of benzene rings is 1. The molecular formula is C17H10ClF2N5O. The molecule has 4 rings (SSSR count). The molecule has 0 atom stereocenters. The predicted octanol–water partition coefficient (Wildman–Crippen LogP) is 3.84. The normalized spacial score (nSPS) is 11.0. The minimum absolute atomic E-state index is 0.0842. The van der Waals surface area contributed by atoms with Crippen LogP contribution in [0.15, 0.2) is 53.5 Å². The van der Waals surface area contributed by atoms with Crippen LogP contribution in [0.2, 0.25) is 5.15 Å². The van der Waals surface area contributed by atoms with Crippen molar-refractivity contribution in [1.82, 2.24) is 24.9 Å². The average molecular weight is 374 g/mol. The van der Waals surface area contributed by atoms with E-state index in [-0.39, 0.29) is 23.3 Å². The number of nitrogens with zero attached hydrogens (tertiary/aromatic N) is 5. The molecule has 26 heavy (non-hydrogen) atoms. The van der Waals surface area contributed by atoms with Gasteiger partial charge in [-0.25, -0.2) is 18.4 Å². The summed E-state index contributed by atoms with van der Waals surface area (Å²) in [6.45, 7) is 0. The van der Waals surface area contributed by atoms with Gasteiger partial charge in [0.05, 0.1) is 11.9 Å². The third-order valence-electron chi connectivity index (χ3n) is 3.71. The first-order chi connectivity index (χ1) is 12.6. The van der Waals surface area contributed by atoms with Crippen LogP contribution in [-0.4, -0.2) is 24.9 Å². The van der Waals surface area contributed by atoms with Crippen molar-refractivity contribution in [2.75, 3.05) is 0 Å². The van der Waals surface area contributed by atoms with Crippen LogP contribution < -0.4 is 0 Å². The zero-order chi connectivity index (χ0) is 18.1. The van der Waals surface area contributed by atoms with Crippen LogP contribution in [0.4, 0.5) is 8.78 Å². The molecule has 6 nitrogen and oxygen atoms in total. The van der Waals surface area contributed by atoms with E-state index in [1.54, 1.807) is 30.5 Å². The van der Waals surface area contributed by atoms with E-state index < -0.39 is 5.82 Å². The molecule has 0 aliphatic rings. The summed E-state index contributed by atoms with van der Waals surface area (Å²) in [6.07, 6.45) is 4.21. The van der Waals surface area contributed by atoms with Gasteiger partial charge in [0.25, 0.3) is 5.95 Å². The lowest BCUT2D eigenvalue weighted by atomic mass is 10.1. The Morgan fingerprint density at radius 2 is 1.96 bits per heavy atom. The summed E-state index contributed by atoms with van der Waals surface area (Å²) in [4.78, 5) is 7.75. The molecule has 0 spiro atoms. The van der Waals surface area contributed by atoms with Crippen LogP contribution in [0.5, 0.6) is 0 Å². The second-order valence-electron chi connectivity index (χ2n) is 5.40. The van der Waals surface area contributed by atoms with Gasteiger partial charge in [-0.1, -0.05) is 35.0 Å². The highest BCUT2D eigenvalue weighted by Gasteiger charge is 2.18. The third kappa shape index (κ3) is 3.06. The molecule has 4 aromatic rings. The monoisotopic (exact) mass is 373 g/mol. The molecule has 3 aromatic heterocycles. The van der Waals surface area contributed by atoms with Gasteiger partial charge in [0, 0.05) is 24.2 Å². The molecule has 0 saturated heterocycles. The number of rotatable bonds is 4. The van der Waals surface area contributed by atoms with Gasteiger partial charge < -0.3 is 4.52 Å². The molecule has 0 N–H and O–H groups in total. The van der Waals surface area contributed by atoms with Crippen LogP contribution in [0.1, 0.15) is 11.3 Å². The molecule has 0 saturated carbocycles. The Hall–Kier alpha value is -3.13.